The first-order chi connectivity index (χ1) is 16.8. The number of aliphatic hydroxyl groups is 1. The van der Waals surface area contributed by atoms with Crippen molar-refractivity contribution in [1.82, 2.24) is 5.32 Å². The maximum absolute atomic E-state index is 12.8. The number of anilines is 1. The van der Waals surface area contributed by atoms with E-state index >= 15 is 0 Å². The molecule has 7 heteroatoms. The first-order valence-corrected chi connectivity index (χ1v) is 12.0. The number of rotatable bonds is 11. The molecule has 2 amide bonds. The second kappa shape index (κ2) is 12.9. The predicted octanol–water partition coefficient (Wildman–Crippen LogP) is 5.03. The Balaban J connectivity index is 1.58. The molecular formula is C28H31ClN2O4. The first-order valence-electron chi connectivity index (χ1n) is 11.6. The average molecular weight is 495 g/mol. The number of amides is 2. The van der Waals surface area contributed by atoms with Crippen LogP contribution in [0.5, 0.6) is 5.75 Å². The Bertz CT molecular complexity index is 1120. The van der Waals surface area contributed by atoms with Gasteiger partial charge in [-0.2, -0.15) is 0 Å². The molecule has 0 radical (unpaired) electrons. The molecule has 0 bridgehead atoms. The van der Waals surface area contributed by atoms with Crippen molar-refractivity contribution in [2.45, 2.75) is 45.3 Å². The summed E-state index contributed by atoms with van der Waals surface area (Å²) in [4.78, 5) is 25.1. The van der Waals surface area contributed by atoms with E-state index in [0.717, 1.165) is 11.1 Å². The Morgan fingerprint density at radius 1 is 0.971 bits per heavy atom. The van der Waals surface area contributed by atoms with E-state index in [2.05, 4.69) is 10.6 Å². The number of hydrogen-bond acceptors (Lipinski definition) is 4. The first kappa shape index (κ1) is 26.3. The summed E-state index contributed by atoms with van der Waals surface area (Å²) in [5, 5.41) is 15.7. The van der Waals surface area contributed by atoms with Gasteiger partial charge in [-0.3, -0.25) is 9.59 Å². The fourth-order valence-corrected chi connectivity index (χ4v) is 3.86. The van der Waals surface area contributed by atoms with Gasteiger partial charge < -0.3 is 20.5 Å². The Morgan fingerprint density at radius 2 is 1.69 bits per heavy atom. The van der Waals surface area contributed by atoms with Gasteiger partial charge in [-0.15, -0.1) is 0 Å². The molecule has 0 fully saturated rings. The summed E-state index contributed by atoms with van der Waals surface area (Å²) in [6, 6.07) is 21.7. The van der Waals surface area contributed by atoms with E-state index in [4.69, 9.17) is 16.3 Å². The SMILES string of the molecule is CC(C)Oc1ccc(C(=O)N[C@H](CCO)Cc2ccc(NC(=O)Cc3ccccc3)cc2)cc1Cl. The molecule has 3 N–H and O–H groups in total. The van der Waals surface area contributed by atoms with Gasteiger partial charge in [-0.05, 0) is 68.1 Å². The van der Waals surface area contributed by atoms with Crippen molar-refractivity contribution in [1.29, 1.82) is 0 Å². The lowest BCUT2D eigenvalue weighted by Crippen LogP contribution is -2.37. The number of ether oxygens (including phenoxy) is 1. The molecule has 0 spiro atoms. The number of nitrogens with one attached hydrogen (secondary N) is 2. The highest BCUT2D eigenvalue weighted by molar-refractivity contribution is 6.32. The molecule has 35 heavy (non-hydrogen) atoms. The number of halogens is 1. The Labute approximate surface area is 211 Å². The van der Waals surface area contributed by atoms with E-state index in [0.29, 0.717) is 41.3 Å². The van der Waals surface area contributed by atoms with Gasteiger partial charge in [-0.1, -0.05) is 54.1 Å². The van der Waals surface area contributed by atoms with Crippen molar-refractivity contribution in [2.75, 3.05) is 11.9 Å². The van der Waals surface area contributed by atoms with E-state index in [1.807, 2.05) is 68.4 Å². The monoisotopic (exact) mass is 494 g/mol. The van der Waals surface area contributed by atoms with Crippen molar-refractivity contribution in [3.8, 4) is 5.75 Å². The molecule has 3 aromatic carbocycles. The third-order valence-electron chi connectivity index (χ3n) is 5.30. The van der Waals surface area contributed by atoms with Crippen LogP contribution in [0.1, 0.15) is 41.8 Å². The fourth-order valence-electron chi connectivity index (χ4n) is 3.64. The van der Waals surface area contributed by atoms with Crippen LogP contribution >= 0.6 is 11.6 Å². The van der Waals surface area contributed by atoms with Gasteiger partial charge in [0.25, 0.3) is 5.91 Å². The van der Waals surface area contributed by atoms with Crippen molar-refractivity contribution in [2.24, 2.45) is 0 Å². The lowest BCUT2D eigenvalue weighted by Gasteiger charge is -2.19. The standard InChI is InChI=1S/C28H31ClN2O4/c1-19(2)35-26-13-10-22(18-25(26)29)28(34)31-24(14-15-32)16-21-8-11-23(12-9-21)30-27(33)17-20-6-4-3-5-7-20/h3-13,18-19,24,32H,14-17H2,1-2H3,(H,30,33)(H,31,34)/t24-/m1/s1. The maximum atomic E-state index is 12.8. The lowest BCUT2D eigenvalue weighted by atomic mass is 10.0. The summed E-state index contributed by atoms with van der Waals surface area (Å²) in [6.07, 6.45) is 1.22. The lowest BCUT2D eigenvalue weighted by molar-refractivity contribution is -0.115. The summed E-state index contributed by atoms with van der Waals surface area (Å²) in [6.45, 7) is 3.75. The number of aliphatic hydroxyl groups excluding tert-OH is 1. The molecular weight excluding hydrogens is 464 g/mol. The van der Waals surface area contributed by atoms with Crippen LogP contribution in [0.15, 0.2) is 72.8 Å². The van der Waals surface area contributed by atoms with Crippen molar-refractivity contribution >= 4 is 29.1 Å². The van der Waals surface area contributed by atoms with Crippen LogP contribution < -0.4 is 15.4 Å². The zero-order valence-corrected chi connectivity index (χ0v) is 20.7. The molecule has 3 aromatic rings. The molecule has 0 heterocycles. The molecule has 0 aliphatic carbocycles. The second-order valence-corrected chi connectivity index (χ2v) is 9.01. The minimum Gasteiger partial charge on any atom is -0.489 e. The normalized spacial score (nSPS) is 11.7. The Morgan fingerprint density at radius 3 is 2.31 bits per heavy atom. The van der Waals surface area contributed by atoms with Crippen LogP contribution in [0, 0.1) is 0 Å². The van der Waals surface area contributed by atoms with E-state index in [-0.39, 0.29) is 30.6 Å². The Hall–Kier alpha value is -3.35. The Kier molecular flexibility index (Phi) is 9.70. The number of carbonyl (C=O) groups is 2. The zero-order chi connectivity index (χ0) is 25.2. The molecule has 6 nitrogen and oxygen atoms in total. The number of benzene rings is 3. The third-order valence-corrected chi connectivity index (χ3v) is 5.59. The quantitative estimate of drug-likeness (QED) is 0.349. The molecule has 0 aliphatic rings. The highest BCUT2D eigenvalue weighted by Crippen LogP contribution is 2.26. The molecule has 0 unspecified atom stereocenters. The topological polar surface area (TPSA) is 87.7 Å². The number of hydrogen-bond donors (Lipinski definition) is 3. The largest absolute Gasteiger partial charge is 0.489 e. The fraction of sp³-hybridized carbons (Fsp3) is 0.286. The molecule has 1 atom stereocenters. The zero-order valence-electron chi connectivity index (χ0n) is 20.0. The smallest absolute Gasteiger partial charge is 0.251 e. The molecule has 0 aromatic heterocycles. The third kappa shape index (κ3) is 8.42. The van der Waals surface area contributed by atoms with Gasteiger partial charge in [0.05, 0.1) is 17.5 Å². The van der Waals surface area contributed by atoms with Crippen LogP contribution in [0.3, 0.4) is 0 Å². The minimum atomic E-state index is -0.272. The van der Waals surface area contributed by atoms with Gasteiger partial charge in [0, 0.05) is 23.9 Å². The van der Waals surface area contributed by atoms with E-state index in [1.54, 1.807) is 18.2 Å². The highest BCUT2D eigenvalue weighted by atomic mass is 35.5. The number of carbonyl (C=O) groups excluding carboxylic acids is 2. The highest BCUT2D eigenvalue weighted by Gasteiger charge is 2.16. The molecule has 0 saturated carbocycles. The van der Waals surface area contributed by atoms with Crippen molar-refractivity contribution in [3.63, 3.8) is 0 Å². The van der Waals surface area contributed by atoms with Crippen LogP contribution in [-0.4, -0.2) is 35.7 Å². The van der Waals surface area contributed by atoms with Gasteiger partial charge in [0.15, 0.2) is 0 Å². The molecule has 0 aliphatic heterocycles. The van der Waals surface area contributed by atoms with E-state index in [1.165, 1.54) is 0 Å². The summed E-state index contributed by atoms with van der Waals surface area (Å²) in [5.41, 5.74) is 3.05. The molecule has 3 rings (SSSR count). The van der Waals surface area contributed by atoms with Gasteiger partial charge in [-0.25, -0.2) is 0 Å². The second-order valence-electron chi connectivity index (χ2n) is 8.61. The molecule has 0 saturated heterocycles. The minimum absolute atomic E-state index is 0.0234. The van der Waals surface area contributed by atoms with Gasteiger partial charge >= 0.3 is 0 Å². The van der Waals surface area contributed by atoms with Crippen LogP contribution in [0.2, 0.25) is 5.02 Å². The maximum Gasteiger partial charge on any atom is 0.251 e. The van der Waals surface area contributed by atoms with Crippen LogP contribution in [0.4, 0.5) is 5.69 Å². The summed E-state index contributed by atoms with van der Waals surface area (Å²) >= 11 is 6.27. The van der Waals surface area contributed by atoms with Crippen LogP contribution in [0.25, 0.3) is 0 Å². The van der Waals surface area contributed by atoms with Crippen molar-refractivity contribution in [3.05, 3.63) is 94.5 Å². The van der Waals surface area contributed by atoms with E-state index < -0.39 is 0 Å². The van der Waals surface area contributed by atoms with E-state index in [9.17, 15) is 14.7 Å². The average Bonchev–Trinajstić information content (AvgIpc) is 2.82. The summed E-state index contributed by atoms with van der Waals surface area (Å²) < 4.78 is 5.62. The van der Waals surface area contributed by atoms with Gasteiger partial charge in [0.2, 0.25) is 5.91 Å². The van der Waals surface area contributed by atoms with Crippen molar-refractivity contribution < 1.29 is 19.4 Å². The van der Waals surface area contributed by atoms with Gasteiger partial charge in [0.1, 0.15) is 5.75 Å². The van der Waals surface area contributed by atoms with Crippen LogP contribution in [-0.2, 0) is 17.6 Å². The summed E-state index contributed by atoms with van der Waals surface area (Å²) in [5.74, 6) is 0.171. The predicted molar refractivity (Wildman–Crippen MR) is 139 cm³/mol. The molecule has 184 valence electrons. The summed E-state index contributed by atoms with van der Waals surface area (Å²) in [7, 11) is 0.